The van der Waals surface area contributed by atoms with Gasteiger partial charge in [-0.15, -0.1) is 0 Å². The summed E-state index contributed by atoms with van der Waals surface area (Å²) in [6.45, 7) is 1.43. The van der Waals surface area contributed by atoms with Crippen molar-refractivity contribution >= 4 is 31.3 Å². The quantitative estimate of drug-likeness (QED) is 0.0542. The van der Waals surface area contributed by atoms with Crippen LogP contribution in [0.3, 0.4) is 0 Å². The van der Waals surface area contributed by atoms with Gasteiger partial charge in [-0.1, -0.05) is 84.9 Å². The Morgan fingerprint density at radius 2 is 0.825 bits per heavy atom. The van der Waals surface area contributed by atoms with E-state index < -0.39 is 31.3 Å². The topological polar surface area (TPSA) is 232 Å². The number of rotatable bonds is 4. The van der Waals surface area contributed by atoms with Crippen LogP contribution < -0.4 is 0 Å². The number of pyridine rings is 4. The first-order valence-corrected chi connectivity index (χ1v) is 19.8. The van der Waals surface area contributed by atoms with Crippen LogP contribution in [0.5, 0.6) is 0 Å². The molecule has 23 heteroatoms. The summed E-state index contributed by atoms with van der Waals surface area (Å²) in [7, 11) is -12.2. The minimum absolute atomic E-state index is 0. The van der Waals surface area contributed by atoms with Crippen molar-refractivity contribution in [2.45, 2.75) is 17.9 Å². The molecule has 0 aliphatic rings. The second-order valence-electron chi connectivity index (χ2n) is 11.7. The fourth-order valence-corrected chi connectivity index (χ4v) is 5.04. The van der Waals surface area contributed by atoms with E-state index in [1.807, 2.05) is 109 Å². The van der Waals surface area contributed by atoms with E-state index in [0.29, 0.717) is 0 Å². The normalized spacial score (nSPS) is 10.9. The molecule has 6 heterocycles. The summed E-state index contributed by atoms with van der Waals surface area (Å²) in [6, 6.07) is 46.2. The van der Waals surface area contributed by atoms with Crippen LogP contribution in [-0.2, 0) is 42.8 Å². The maximum atomic E-state index is 10.7. The molecule has 0 spiro atoms. The summed E-state index contributed by atoms with van der Waals surface area (Å²) in [4.78, 5) is 18.5. The molecule has 0 amide bonds. The molecule has 0 saturated heterocycles. The molecule has 1 radical (unpaired) electrons. The molecule has 63 heavy (non-hydrogen) atoms. The Bertz CT molecular complexity index is 2580. The Kier molecular flexibility index (Phi) is 19.3. The van der Waals surface area contributed by atoms with Gasteiger partial charge in [0.05, 0.1) is 28.5 Å². The molecule has 0 aliphatic heterocycles. The number of nitrogens with zero attached hydrogens (tertiary/aromatic N) is 7. The first-order chi connectivity index (χ1) is 28.8. The molecule has 2 aromatic carbocycles. The van der Waals surface area contributed by atoms with E-state index in [4.69, 9.17) is 41.2 Å². The van der Waals surface area contributed by atoms with Gasteiger partial charge < -0.3 is 14.6 Å². The van der Waals surface area contributed by atoms with Gasteiger partial charge in [0.1, 0.15) is 23.0 Å². The monoisotopic (exact) mass is 963 g/mol. The third kappa shape index (κ3) is 14.3. The first-order valence-electron chi connectivity index (χ1n) is 17.0. The minimum Gasteiger partial charge on any atom is -0.741 e. The van der Waals surface area contributed by atoms with Crippen molar-refractivity contribution < 1.29 is 74.8 Å². The van der Waals surface area contributed by atoms with E-state index in [1.165, 1.54) is 6.92 Å². The molecule has 0 saturated carbocycles. The fraction of sp³-hybridized carbons (Fsp3) is 0.0750. The van der Waals surface area contributed by atoms with Gasteiger partial charge in [0.15, 0.2) is 20.2 Å². The first kappa shape index (κ1) is 52.6. The average Bonchev–Trinajstić information content (AvgIpc) is 3.82. The number of hydrogen-bond donors (Lipinski definition) is 0. The maximum absolute atomic E-state index is 10.7. The van der Waals surface area contributed by atoms with Crippen LogP contribution in [0.2, 0.25) is 0 Å². The number of alkyl halides is 6. The Balaban J connectivity index is 0.000000305. The van der Waals surface area contributed by atoms with Gasteiger partial charge in [-0.3, -0.25) is 18.8 Å². The van der Waals surface area contributed by atoms with Crippen LogP contribution in [0.4, 0.5) is 26.3 Å². The average molecular weight is 964 g/mol. The summed E-state index contributed by atoms with van der Waals surface area (Å²) >= 11 is 0. The zero-order valence-electron chi connectivity index (χ0n) is 32.1. The summed E-state index contributed by atoms with van der Waals surface area (Å²) in [5, 5.41) is 7.32. The summed E-state index contributed by atoms with van der Waals surface area (Å²) in [5.41, 5.74) is -3.36. The van der Waals surface area contributed by atoms with Crippen LogP contribution >= 0.6 is 0 Å². The van der Waals surface area contributed by atoms with Crippen LogP contribution in [0, 0.1) is 11.3 Å². The molecule has 0 fully saturated rings. The standard InChI is InChI=1S/2C18H13N3.C2H3N.2CHF3O3S.Cu.H2O/c2*1-2-8-14(9-3-1)18-20-17(15-10-4-6-12-19-15)16-11-5-7-13-21(16)18;1-2-3;2*2-1(3,4)8(5,6)7;;/h2*1-13H;1H3;2*(H,5,6,7);;1H2/q;;;;;+2;/p-1. The molecule has 333 valence electrons. The zero-order chi connectivity index (χ0) is 44.8. The molecule has 0 atom stereocenters. The molecule has 8 aromatic rings. The number of nitriles is 1. The number of fused-ring (bicyclic) bond motifs is 2. The van der Waals surface area contributed by atoms with E-state index in [0.717, 1.165) is 56.6 Å². The van der Waals surface area contributed by atoms with Crippen molar-refractivity contribution in [3.63, 3.8) is 0 Å². The Morgan fingerprint density at radius 3 is 1.10 bits per heavy atom. The zero-order valence-corrected chi connectivity index (χ0v) is 34.6. The summed E-state index contributed by atoms with van der Waals surface area (Å²) in [6.07, 6.45) is 7.67. The number of imidazole rings is 2. The van der Waals surface area contributed by atoms with Gasteiger partial charge in [0, 0.05) is 42.8 Å². The van der Waals surface area contributed by atoms with Crippen LogP contribution in [0.1, 0.15) is 6.92 Å². The SMILES string of the molecule is CC#N.O=S(=O)([O-])C(F)(F)F.O=S(=O)([O-])C(F)(F)F.[Cu+2].[OH3+].c1ccc(-c2nc(-c3ccccn3)c3ccccn23)cc1.c1ccc(-c2nc(-c3ccccn3)c3ccccn23)cc1. The molecule has 6 aromatic heterocycles. The Labute approximate surface area is 366 Å². The molecular weight excluding hydrogens is 932 g/mol. The van der Waals surface area contributed by atoms with E-state index in [-0.39, 0.29) is 22.5 Å². The number of benzene rings is 2. The fourth-order valence-electron chi connectivity index (χ4n) is 5.04. The minimum atomic E-state index is -6.09. The van der Waals surface area contributed by atoms with Crippen molar-refractivity contribution in [1.29, 1.82) is 5.26 Å². The van der Waals surface area contributed by atoms with Gasteiger partial charge in [0.2, 0.25) is 0 Å². The number of hydrogen-bond acceptors (Lipinski definition) is 11. The van der Waals surface area contributed by atoms with E-state index in [9.17, 15) is 26.3 Å². The van der Waals surface area contributed by atoms with Gasteiger partial charge >= 0.3 is 28.1 Å². The van der Waals surface area contributed by atoms with E-state index >= 15 is 0 Å². The van der Waals surface area contributed by atoms with Gasteiger partial charge in [-0.2, -0.15) is 31.6 Å². The van der Waals surface area contributed by atoms with Crippen molar-refractivity contribution in [2.24, 2.45) is 0 Å². The van der Waals surface area contributed by atoms with Crippen LogP contribution in [0.25, 0.3) is 56.6 Å². The number of aromatic nitrogens is 6. The Morgan fingerprint density at radius 1 is 0.540 bits per heavy atom. The van der Waals surface area contributed by atoms with Gasteiger partial charge in [0.25, 0.3) is 0 Å². The third-order valence-electron chi connectivity index (χ3n) is 7.54. The second kappa shape index (κ2) is 23.1. The van der Waals surface area contributed by atoms with E-state index in [1.54, 1.807) is 18.5 Å². The predicted octanol–water partition coefficient (Wildman–Crippen LogP) is 7.83. The van der Waals surface area contributed by atoms with Gasteiger partial charge in [-0.05, 0) is 48.5 Å². The van der Waals surface area contributed by atoms with Crippen molar-refractivity contribution in [2.75, 3.05) is 0 Å². The largest absolute Gasteiger partial charge is 2.00 e. The third-order valence-corrected chi connectivity index (χ3v) is 8.68. The number of halogens is 6. The second-order valence-corrected chi connectivity index (χ2v) is 14.4. The molecule has 0 bridgehead atoms. The van der Waals surface area contributed by atoms with Crippen molar-refractivity contribution in [3.8, 4) is 51.6 Å². The van der Waals surface area contributed by atoms with Crippen molar-refractivity contribution in [1.82, 2.24) is 28.7 Å². The van der Waals surface area contributed by atoms with E-state index in [2.05, 4.69) is 55.2 Å². The molecule has 0 aliphatic carbocycles. The van der Waals surface area contributed by atoms with Gasteiger partial charge in [-0.25, -0.2) is 26.8 Å². The molecule has 3 N–H and O–H groups in total. The molecule has 8 rings (SSSR count). The smallest absolute Gasteiger partial charge is 0.741 e. The molecular formula is C40H32CuF6N7O7S2+. The molecule has 14 nitrogen and oxygen atoms in total. The maximum Gasteiger partial charge on any atom is 2.00 e. The van der Waals surface area contributed by atoms with Crippen LogP contribution in [0.15, 0.2) is 158 Å². The summed E-state index contributed by atoms with van der Waals surface area (Å²) < 4.78 is 122. The predicted molar refractivity (Wildman–Crippen MR) is 215 cm³/mol. The van der Waals surface area contributed by atoms with Crippen LogP contribution in [-0.4, -0.2) is 65.7 Å². The molecule has 0 unspecified atom stereocenters. The summed E-state index contributed by atoms with van der Waals surface area (Å²) in [5.74, 6) is 1.87. The van der Waals surface area contributed by atoms with Crippen molar-refractivity contribution in [3.05, 3.63) is 158 Å². The Hall–Kier alpha value is -6.51.